The molecular weight excluding hydrogens is 248 g/mol. The quantitative estimate of drug-likeness (QED) is 0.316. The van der Waals surface area contributed by atoms with Crippen LogP contribution in [0.4, 0.5) is 0 Å². The number of carbonyl (C=O) groups excluding carboxylic acids is 1. The van der Waals surface area contributed by atoms with Crippen LogP contribution in [0.1, 0.15) is 33.1 Å². The molecule has 1 saturated heterocycles. The number of rotatable bonds is 6. The highest BCUT2D eigenvalue weighted by atomic mass is 16.6. The van der Waals surface area contributed by atoms with E-state index in [1.807, 2.05) is 6.92 Å². The molecule has 0 bridgehead atoms. The maximum atomic E-state index is 11.8. The summed E-state index contributed by atoms with van der Waals surface area (Å²) in [5, 5.41) is 3.83. The number of likely N-dealkylation sites (tertiary alicyclic amines) is 1. The first-order chi connectivity index (χ1) is 9.19. The molecule has 1 heterocycles. The Labute approximate surface area is 114 Å². The van der Waals surface area contributed by atoms with Crippen molar-refractivity contribution in [2.75, 3.05) is 33.4 Å². The van der Waals surface area contributed by atoms with Crippen molar-refractivity contribution in [3.63, 3.8) is 0 Å². The molecule has 1 fully saturated rings. The fourth-order valence-corrected chi connectivity index (χ4v) is 2.12. The highest BCUT2D eigenvalue weighted by molar-refractivity contribution is 5.76. The number of methoxy groups -OCH3 is 1. The summed E-state index contributed by atoms with van der Waals surface area (Å²) in [6, 6.07) is -0.386. The van der Waals surface area contributed by atoms with Crippen LogP contribution in [-0.4, -0.2) is 56.2 Å². The lowest BCUT2D eigenvalue weighted by Crippen LogP contribution is -2.47. The monoisotopic (exact) mass is 272 g/mol. The van der Waals surface area contributed by atoms with E-state index in [0.717, 1.165) is 25.9 Å². The molecule has 1 aliphatic heterocycles. The number of hydrogen-bond acceptors (Lipinski definition) is 6. The van der Waals surface area contributed by atoms with Crippen LogP contribution >= 0.6 is 0 Å². The highest BCUT2D eigenvalue weighted by Gasteiger charge is 2.28. The third kappa shape index (κ3) is 5.46. The lowest BCUT2D eigenvalue weighted by molar-refractivity contribution is -0.150. The van der Waals surface area contributed by atoms with Gasteiger partial charge in [-0.05, 0) is 32.9 Å². The van der Waals surface area contributed by atoms with Gasteiger partial charge >= 0.3 is 5.97 Å². The van der Waals surface area contributed by atoms with Crippen molar-refractivity contribution in [1.82, 2.24) is 4.90 Å². The smallest absolute Gasteiger partial charge is 0.326 e. The number of oxime groups is 1. The van der Waals surface area contributed by atoms with Gasteiger partial charge in [-0.15, -0.1) is 0 Å². The normalized spacial score (nSPS) is 18.8. The first-order valence-electron chi connectivity index (χ1n) is 6.80. The van der Waals surface area contributed by atoms with E-state index in [2.05, 4.69) is 10.1 Å². The Morgan fingerprint density at radius 3 is 2.58 bits per heavy atom. The van der Waals surface area contributed by atoms with Crippen molar-refractivity contribution >= 4 is 11.9 Å². The molecule has 1 unspecified atom stereocenters. The maximum absolute atomic E-state index is 11.8. The van der Waals surface area contributed by atoms with Gasteiger partial charge in [0.1, 0.15) is 12.6 Å². The number of ether oxygens (including phenoxy) is 2. The summed E-state index contributed by atoms with van der Waals surface area (Å²) in [6.45, 7) is 6.14. The Balaban J connectivity index is 2.49. The van der Waals surface area contributed by atoms with E-state index in [9.17, 15) is 4.79 Å². The van der Waals surface area contributed by atoms with Gasteiger partial charge in [0.25, 0.3) is 0 Å². The average molecular weight is 272 g/mol. The topological polar surface area (TPSA) is 60.4 Å². The number of nitrogens with zero attached hydrogens (tertiary/aromatic N) is 2. The van der Waals surface area contributed by atoms with Crippen LogP contribution < -0.4 is 0 Å². The fraction of sp³-hybridized carbons (Fsp3) is 0.846. The van der Waals surface area contributed by atoms with Crippen molar-refractivity contribution in [1.29, 1.82) is 0 Å². The molecule has 0 radical (unpaired) electrons. The largest absolute Gasteiger partial charge is 0.479 e. The Kier molecular flexibility index (Phi) is 7.25. The van der Waals surface area contributed by atoms with Crippen LogP contribution in [0.15, 0.2) is 5.16 Å². The van der Waals surface area contributed by atoms with Gasteiger partial charge in [0.05, 0.1) is 13.7 Å². The summed E-state index contributed by atoms with van der Waals surface area (Å²) in [4.78, 5) is 19.1. The summed E-state index contributed by atoms with van der Waals surface area (Å²) < 4.78 is 9.98. The average Bonchev–Trinajstić information content (AvgIpc) is 2.44. The lowest BCUT2D eigenvalue weighted by atomic mass is 10.1. The maximum Gasteiger partial charge on any atom is 0.326 e. The molecule has 0 spiro atoms. The molecule has 0 aromatic rings. The zero-order valence-corrected chi connectivity index (χ0v) is 12.1. The standard InChI is InChI=1S/C13H24N2O4/c1-4-18-11(2)14-19-10-12(13(16)17-3)15-8-6-5-7-9-15/h12H,4-10H2,1-3H3. The van der Waals surface area contributed by atoms with E-state index in [4.69, 9.17) is 14.3 Å². The van der Waals surface area contributed by atoms with E-state index < -0.39 is 0 Å². The molecular formula is C13H24N2O4. The molecule has 0 aromatic heterocycles. The van der Waals surface area contributed by atoms with E-state index in [1.54, 1.807) is 6.92 Å². The molecule has 0 amide bonds. The van der Waals surface area contributed by atoms with Gasteiger partial charge in [0, 0.05) is 6.92 Å². The first kappa shape index (κ1) is 15.8. The van der Waals surface area contributed by atoms with Gasteiger partial charge in [-0.3, -0.25) is 9.69 Å². The third-order valence-electron chi connectivity index (χ3n) is 3.08. The SMILES string of the molecule is CCOC(C)=NOCC(C(=O)OC)N1CCCCC1. The van der Waals surface area contributed by atoms with E-state index in [1.165, 1.54) is 13.5 Å². The molecule has 19 heavy (non-hydrogen) atoms. The van der Waals surface area contributed by atoms with Crippen molar-refractivity contribution in [3.05, 3.63) is 0 Å². The summed E-state index contributed by atoms with van der Waals surface area (Å²) in [7, 11) is 1.40. The van der Waals surface area contributed by atoms with Crippen molar-refractivity contribution in [2.45, 2.75) is 39.2 Å². The van der Waals surface area contributed by atoms with E-state index in [-0.39, 0.29) is 18.6 Å². The molecule has 0 saturated carbocycles. The molecule has 1 atom stereocenters. The Morgan fingerprint density at radius 2 is 2.00 bits per heavy atom. The summed E-state index contributed by atoms with van der Waals surface area (Å²) in [5.41, 5.74) is 0. The number of piperidine rings is 1. The minimum Gasteiger partial charge on any atom is -0.479 e. The molecule has 1 aliphatic rings. The molecule has 0 aliphatic carbocycles. The van der Waals surface area contributed by atoms with Gasteiger partial charge in [-0.1, -0.05) is 11.6 Å². The summed E-state index contributed by atoms with van der Waals surface area (Å²) in [5.74, 6) is 0.191. The predicted molar refractivity (Wildman–Crippen MR) is 71.9 cm³/mol. The third-order valence-corrected chi connectivity index (χ3v) is 3.08. The zero-order chi connectivity index (χ0) is 14.1. The predicted octanol–water partition coefficient (Wildman–Crippen LogP) is 1.40. The first-order valence-corrected chi connectivity index (χ1v) is 6.80. The second kappa shape index (κ2) is 8.74. The van der Waals surface area contributed by atoms with Gasteiger partial charge in [0.15, 0.2) is 0 Å². The van der Waals surface area contributed by atoms with Crippen LogP contribution in [0.2, 0.25) is 0 Å². The minimum absolute atomic E-state index is 0.192. The van der Waals surface area contributed by atoms with Crippen LogP contribution in [0, 0.1) is 0 Å². The number of hydrogen-bond donors (Lipinski definition) is 0. The van der Waals surface area contributed by atoms with Gasteiger partial charge in [0.2, 0.25) is 5.90 Å². The number of esters is 1. The van der Waals surface area contributed by atoms with Crippen molar-refractivity contribution in [2.24, 2.45) is 5.16 Å². The zero-order valence-electron chi connectivity index (χ0n) is 12.1. The second-order valence-electron chi connectivity index (χ2n) is 4.47. The van der Waals surface area contributed by atoms with Crippen molar-refractivity contribution < 1.29 is 19.1 Å². The van der Waals surface area contributed by atoms with Crippen molar-refractivity contribution in [3.8, 4) is 0 Å². The number of carbonyl (C=O) groups is 1. The van der Waals surface area contributed by atoms with Crippen LogP contribution in [0.25, 0.3) is 0 Å². The molecule has 6 nitrogen and oxygen atoms in total. The lowest BCUT2D eigenvalue weighted by Gasteiger charge is -2.31. The molecule has 1 rings (SSSR count). The molecule has 110 valence electrons. The van der Waals surface area contributed by atoms with E-state index >= 15 is 0 Å². The Hall–Kier alpha value is -1.30. The summed E-state index contributed by atoms with van der Waals surface area (Å²) in [6.07, 6.45) is 3.43. The Bertz CT molecular complexity index is 301. The molecule has 0 aromatic carbocycles. The second-order valence-corrected chi connectivity index (χ2v) is 4.47. The highest BCUT2D eigenvalue weighted by Crippen LogP contribution is 2.13. The fourth-order valence-electron chi connectivity index (χ4n) is 2.12. The van der Waals surface area contributed by atoms with Gasteiger partial charge < -0.3 is 14.3 Å². The Morgan fingerprint density at radius 1 is 1.32 bits per heavy atom. The molecule has 6 heteroatoms. The summed E-state index contributed by atoms with van der Waals surface area (Å²) >= 11 is 0. The van der Waals surface area contributed by atoms with Gasteiger partial charge in [-0.2, -0.15) is 0 Å². The minimum atomic E-state index is -0.386. The van der Waals surface area contributed by atoms with Crippen LogP contribution in [-0.2, 0) is 19.1 Å². The van der Waals surface area contributed by atoms with Gasteiger partial charge in [-0.25, -0.2) is 0 Å². The van der Waals surface area contributed by atoms with E-state index in [0.29, 0.717) is 12.5 Å². The molecule has 0 N–H and O–H groups in total. The van der Waals surface area contributed by atoms with Crippen LogP contribution in [0.3, 0.4) is 0 Å². The van der Waals surface area contributed by atoms with Crippen LogP contribution in [0.5, 0.6) is 0 Å².